The molecule has 0 fully saturated rings. The number of hydrogen-bond donors (Lipinski definition) is 0. The Balaban J connectivity index is 2.16. The highest BCUT2D eigenvalue weighted by atomic mass is 35.5. The Hall–Kier alpha value is -1.67. The molecule has 0 atom stereocenters. The average molecular weight is 296 g/mol. The van der Waals surface area contributed by atoms with Gasteiger partial charge in [-0.05, 0) is 25.6 Å². The minimum atomic E-state index is 0.418. The highest BCUT2D eigenvalue weighted by molar-refractivity contribution is 7.99. The first-order chi connectivity index (χ1) is 9.08. The fourth-order valence-corrected chi connectivity index (χ4v) is 2.77. The van der Waals surface area contributed by atoms with Crippen LogP contribution in [0.2, 0.25) is 5.15 Å². The Morgan fingerprint density at radius 1 is 1.26 bits per heavy atom. The van der Waals surface area contributed by atoms with Crippen LogP contribution in [0.25, 0.3) is 5.78 Å². The van der Waals surface area contributed by atoms with Crippen LogP contribution >= 0.6 is 23.4 Å². The van der Waals surface area contributed by atoms with Crippen molar-refractivity contribution in [1.82, 2.24) is 34.3 Å². The third-order valence-electron chi connectivity index (χ3n) is 2.79. The number of rotatable bonds is 2. The summed E-state index contributed by atoms with van der Waals surface area (Å²) in [5, 5.41) is 14.3. The van der Waals surface area contributed by atoms with Crippen molar-refractivity contribution in [3.05, 3.63) is 22.9 Å². The Bertz CT molecular complexity index is 763. The topological polar surface area (TPSA) is 73.8 Å². The van der Waals surface area contributed by atoms with Crippen LogP contribution in [-0.4, -0.2) is 34.3 Å². The molecular formula is C10H10ClN7S. The van der Waals surface area contributed by atoms with Gasteiger partial charge in [0.2, 0.25) is 0 Å². The van der Waals surface area contributed by atoms with E-state index in [1.54, 1.807) is 4.52 Å². The van der Waals surface area contributed by atoms with Gasteiger partial charge >= 0.3 is 0 Å². The lowest BCUT2D eigenvalue weighted by atomic mass is 10.4. The number of fused-ring (bicyclic) bond motifs is 1. The van der Waals surface area contributed by atoms with Crippen LogP contribution in [0.3, 0.4) is 0 Å². The predicted molar refractivity (Wildman–Crippen MR) is 70.4 cm³/mol. The van der Waals surface area contributed by atoms with E-state index in [9.17, 15) is 0 Å². The van der Waals surface area contributed by atoms with E-state index >= 15 is 0 Å². The van der Waals surface area contributed by atoms with Gasteiger partial charge in [-0.3, -0.25) is 0 Å². The summed E-state index contributed by atoms with van der Waals surface area (Å²) in [6, 6.07) is 0. The van der Waals surface area contributed by atoms with Crippen LogP contribution < -0.4 is 0 Å². The van der Waals surface area contributed by atoms with Gasteiger partial charge in [-0.15, -0.1) is 10.2 Å². The molecule has 0 radical (unpaired) electrons. The van der Waals surface area contributed by atoms with E-state index in [4.69, 9.17) is 11.6 Å². The summed E-state index contributed by atoms with van der Waals surface area (Å²) in [5.41, 5.74) is 0.838. The van der Waals surface area contributed by atoms with Crippen LogP contribution in [0.15, 0.2) is 16.5 Å². The summed E-state index contributed by atoms with van der Waals surface area (Å²) in [4.78, 5) is 8.21. The van der Waals surface area contributed by atoms with Gasteiger partial charge in [-0.2, -0.15) is 19.6 Å². The van der Waals surface area contributed by atoms with Crippen molar-refractivity contribution in [2.24, 2.45) is 7.05 Å². The summed E-state index contributed by atoms with van der Waals surface area (Å²) in [7, 11) is 1.91. The van der Waals surface area contributed by atoms with E-state index in [2.05, 4.69) is 25.3 Å². The zero-order valence-electron chi connectivity index (χ0n) is 10.5. The fourth-order valence-electron chi connectivity index (χ4n) is 1.56. The molecule has 9 heteroatoms. The molecule has 0 saturated carbocycles. The largest absolute Gasteiger partial charge is 0.309 e. The highest BCUT2D eigenvalue weighted by Crippen LogP contribution is 2.31. The monoisotopic (exact) mass is 295 g/mol. The van der Waals surface area contributed by atoms with E-state index in [1.807, 2.05) is 25.5 Å². The molecule has 0 N–H and O–H groups in total. The predicted octanol–water partition coefficient (Wildman–Crippen LogP) is 1.67. The molecule has 7 nitrogen and oxygen atoms in total. The fraction of sp³-hybridized carbons (Fsp3) is 0.300. The second-order valence-electron chi connectivity index (χ2n) is 4.00. The molecule has 19 heavy (non-hydrogen) atoms. The SMILES string of the molecule is Cc1c(Cl)nc2ncnn2c1Sc1nnc(C)n1C. The van der Waals surface area contributed by atoms with Crippen molar-refractivity contribution in [3.8, 4) is 0 Å². The van der Waals surface area contributed by atoms with Gasteiger partial charge in [0.05, 0.1) is 0 Å². The van der Waals surface area contributed by atoms with Crippen LogP contribution in [-0.2, 0) is 7.05 Å². The summed E-state index contributed by atoms with van der Waals surface area (Å²) >= 11 is 7.55. The normalized spacial score (nSPS) is 11.4. The smallest absolute Gasteiger partial charge is 0.254 e. The third-order valence-corrected chi connectivity index (χ3v) is 4.37. The Morgan fingerprint density at radius 2 is 2.05 bits per heavy atom. The van der Waals surface area contributed by atoms with Gasteiger partial charge in [0.1, 0.15) is 22.3 Å². The molecule has 0 spiro atoms. The number of halogens is 1. The first kappa shape index (κ1) is 12.4. The van der Waals surface area contributed by atoms with Crippen molar-refractivity contribution < 1.29 is 0 Å². The van der Waals surface area contributed by atoms with Crippen molar-refractivity contribution in [3.63, 3.8) is 0 Å². The zero-order chi connectivity index (χ0) is 13.6. The molecule has 0 aliphatic heterocycles. The standard InChI is InChI=1S/C10H10ClN7S/c1-5-7(11)14-9-12-4-13-18(9)8(5)19-10-16-15-6(2)17(10)3/h4H,1-3H3. The molecule has 3 aromatic rings. The molecule has 0 saturated heterocycles. The van der Waals surface area contributed by atoms with E-state index in [0.29, 0.717) is 10.9 Å². The first-order valence-electron chi connectivity index (χ1n) is 5.47. The van der Waals surface area contributed by atoms with E-state index in [1.165, 1.54) is 18.1 Å². The minimum Gasteiger partial charge on any atom is -0.309 e. The van der Waals surface area contributed by atoms with Crippen LogP contribution in [0, 0.1) is 13.8 Å². The summed E-state index contributed by atoms with van der Waals surface area (Å²) in [6.45, 7) is 3.79. The Labute approximate surface area is 118 Å². The second kappa shape index (κ2) is 4.46. The zero-order valence-corrected chi connectivity index (χ0v) is 12.1. The van der Waals surface area contributed by atoms with Gasteiger partial charge < -0.3 is 4.57 Å². The molecule has 3 rings (SSSR count). The van der Waals surface area contributed by atoms with Crippen molar-refractivity contribution in [2.45, 2.75) is 24.0 Å². The lowest BCUT2D eigenvalue weighted by Gasteiger charge is -2.07. The molecule has 3 heterocycles. The molecule has 0 aliphatic rings. The maximum Gasteiger partial charge on any atom is 0.254 e. The second-order valence-corrected chi connectivity index (χ2v) is 5.31. The highest BCUT2D eigenvalue weighted by Gasteiger charge is 2.16. The molecule has 0 aliphatic carbocycles. The summed E-state index contributed by atoms with van der Waals surface area (Å²) in [5.74, 6) is 1.31. The quantitative estimate of drug-likeness (QED) is 0.670. The molecule has 0 aromatic carbocycles. The number of aryl methyl sites for hydroxylation is 1. The molecule has 3 aromatic heterocycles. The molecule has 0 unspecified atom stereocenters. The molecular weight excluding hydrogens is 286 g/mol. The number of hydrogen-bond acceptors (Lipinski definition) is 6. The maximum atomic E-state index is 6.11. The third kappa shape index (κ3) is 1.96. The number of aromatic nitrogens is 7. The average Bonchev–Trinajstić information content (AvgIpc) is 2.95. The lowest BCUT2D eigenvalue weighted by Crippen LogP contribution is -2.01. The summed E-state index contributed by atoms with van der Waals surface area (Å²) in [6.07, 6.45) is 1.45. The van der Waals surface area contributed by atoms with Crippen molar-refractivity contribution >= 4 is 29.1 Å². The Kier molecular flexibility index (Phi) is 2.90. The van der Waals surface area contributed by atoms with Crippen LogP contribution in [0.1, 0.15) is 11.4 Å². The van der Waals surface area contributed by atoms with Crippen molar-refractivity contribution in [1.29, 1.82) is 0 Å². The summed E-state index contributed by atoms with van der Waals surface area (Å²) < 4.78 is 3.55. The van der Waals surface area contributed by atoms with Crippen LogP contribution in [0.4, 0.5) is 0 Å². The molecule has 98 valence electrons. The Morgan fingerprint density at radius 3 is 2.74 bits per heavy atom. The van der Waals surface area contributed by atoms with Gasteiger partial charge in [-0.25, -0.2) is 0 Å². The molecule has 0 amide bonds. The first-order valence-corrected chi connectivity index (χ1v) is 6.67. The van der Waals surface area contributed by atoms with E-state index in [0.717, 1.165) is 21.6 Å². The lowest BCUT2D eigenvalue weighted by molar-refractivity contribution is 0.757. The van der Waals surface area contributed by atoms with Crippen LogP contribution in [0.5, 0.6) is 0 Å². The van der Waals surface area contributed by atoms with Gasteiger partial charge in [0.15, 0.2) is 5.16 Å². The van der Waals surface area contributed by atoms with E-state index < -0.39 is 0 Å². The number of nitrogens with zero attached hydrogens (tertiary/aromatic N) is 7. The van der Waals surface area contributed by atoms with E-state index in [-0.39, 0.29) is 0 Å². The van der Waals surface area contributed by atoms with Gasteiger partial charge in [0.25, 0.3) is 5.78 Å². The van der Waals surface area contributed by atoms with Crippen molar-refractivity contribution in [2.75, 3.05) is 0 Å². The maximum absolute atomic E-state index is 6.11. The minimum absolute atomic E-state index is 0.418. The molecule has 0 bridgehead atoms. The van der Waals surface area contributed by atoms with Gasteiger partial charge in [-0.1, -0.05) is 11.6 Å². The van der Waals surface area contributed by atoms with Gasteiger partial charge in [0, 0.05) is 12.6 Å².